The highest BCUT2D eigenvalue weighted by molar-refractivity contribution is 5.50. The van der Waals surface area contributed by atoms with Gasteiger partial charge < -0.3 is 15.8 Å². The lowest BCUT2D eigenvalue weighted by Crippen LogP contribution is -2.45. The van der Waals surface area contributed by atoms with Gasteiger partial charge in [0.1, 0.15) is 5.75 Å². The molecule has 0 spiro atoms. The van der Waals surface area contributed by atoms with Gasteiger partial charge in [-0.3, -0.25) is 0 Å². The third-order valence-electron chi connectivity index (χ3n) is 3.93. The average Bonchev–Trinajstić information content (AvgIpc) is 2.65. The van der Waals surface area contributed by atoms with Crippen LogP contribution in [0.2, 0.25) is 0 Å². The van der Waals surface area contributed by atoms with Crippen molar-refractivity contribution in [1.82, 2.24) is 0 Å². The van der Waals surface area contributed by atoms with E-state index in [-0.39, 0.29) is 5.54 Å². The molecule has 1 fully saturated rings. The Morgan fingerprint density at radius 1 is 1.22 bits per heavy atom. The van der Waals surface area contributed by atoms with E-state index in [0.29, 0.717) is 6.54 Å². The van der Waals surface area contributed by atoms with Gasteiger partial charge in [-0.05, 0) is 25.0 Å². The fraction of sp³-hybridized carbons (Fsp3) is 0.600. The summed E-state index contributed by atoms with van der Waals surface area (Å²) in [6.45, 7) is 0.699. The molecule has 0 unspecified atom stereocenters. The number of nitrogens with one attached hydrogen (secondary N) is 1. The average molecular weight is 248 g/mol. The first-order chi connectivity index (χ1) is 8.78. The molecule has 2 rings (SSSR count). The lowest BCUT2D eigenvalue weighted by molar-refractivity contribution is 0.410. The Hall–Kier alpha value is -1.22. The van der Waals surface area contributed by atoms with Crippen molar-refractivity contribution in [2.24, 2.45) is 5.73 Å². The number of methoxy groups -OCH3 is 1. The first-order valence-corrected chi connectivity index (χ1v) is 6.90. The van der Waals surface area contributed by atoms with Crippen LogP contribution in [-0.4, -0.2) is 19.2 Å². The summed E-state index contributed by atoms with van der Waals surface area (Å²) in [6, 6.07) is 8.11. The molecular formula is C15H24N2O. The summed E-state index contributed by atoms with van der Waals surface area (Å²) in [5.41, 5.74) is 7.22. The number of hydrogen-bond acceptors (Lipinski definition) is 3. The number of ether oxygens (including phenoxy) is 1. The Morgan fingerprint density at radius 3 is 2.56 bits per heavy atom. The molecule has 0 aliphatic heterocycles. The van der Waals surface area contributed by atoms with Crippen molar-refractivity contribution in [3.05, 3.63) is 24.3 Å². The summed E-state index contributed by atoms with van der Waals surface area (Å²) in [7, 11) is 1.70. The minimum Gasteiger partial charge on any atom is -0.497 e. The molecule has 100 valence electrons. The van der Waals surface area contributed by atoms with Crippen LogP contribution in [0.25, 0.3) is 0 Å². The smallest absolute Gasteiger partial charge is 0.120 e. The van der Waals surface area contributed by atoms with Crippen LogP contribution >= 0.6 is 0 Å². The van der Waals surface area contributed by atoms with Gasteiger partial charge in [0.2, 0.25) is 0 Å². The summed E-state index contributed by atoms with van der Waals surface area (Å²) in [4.78, 5) is 0. The molecule has 1 aliphatic carbocycles. The summed E-state index contributed by atoms with van der Waals surface area (Å²) in [5, 5.41) is 3.65. The second-order valence-electron chi connectivity index (χ2n) is 5.26. The highest BCUT2D eigenvalue weighted by Gasteiger charge is 2.29. The first-order valence-electron chi connectivity index (χ1n) is 6.90. The van der Waals surface area contributed by atoms with Crippen molar-refractivity contribution < 1.29 is 4.74 Å². The van der Waals surface area contributed by atoms with E-state index in [2.05, 4.69) is 11.4 Å². The van der Waals surface area contributed by atoms with Gasteiger partial charge in [0.25, 0.3) is 0 Å². The van der Waals surface area contributed by atoms with Crippen LogP contribution in [0.15, 0.2) is 24.3 Å². The molecule has 3 N–H and O–H groups in total. The van der Waals surface area contributed by atoms with E-state index >= 15 is 0 Å². The summed E-state index contributed by atoms with van der Waals surface area (Å²) >= 11 is 0. The normalized spacial score (nSPS) is 19.0. The third kappa shape index (κ3) is 3.16. The Bertz CT molecular complexity index is 371. The number of benzene rings is 1. The highest BCUT2D eigenvalue weighted by atomic mass is 16.5. The van der Waals surface area contributed by atoms with Crippen LogP contribution < -0.4 is 15.8 Å². The first kappa shape index (κ1) is 13.2. The molecular weight excluding hydrogens is 224 g/mol. The fourth-order valence-corrected chi connectivity index (χ4v) is 2.79. The summed E-state index contributed by atoms with van der Waals surface area (Å²) < 4.78 is 5.26. The van der Waals surface area contributed by atoms with E-state index in [1.807, 2.05) is 18.2 Å². The van der Waals surface area contributed by atoms with Crippen LogP contribution in [0.3, 0.4) is 0 Å². The molecule has 0 radical (unpaired) electrons. The maximum absolute atomic E-state index is 6.03. The predicted molar refractivity (Wildman–Crippen MR) is 76.1 cm³/mol. The topological polar surface area (TPSA) is 47.3 Å². The highest BCUT2D eigenvalue weighted by Crippen LogP contribution is 2.30. The monoisotopic (exact) mass is 248 g/mol. The lowest BCUT2D eigenvalue weighted by atomic mass is 9.90. The van der Waals surface area contributed by atoms with Gasteiger partial charge in [0, 0.05) is 23.8 Å². The molecule has 0 saturated heterocycles. The Kier molecular flexibility index (Phi) is 4.48. The van der Waals surface area contributed by atoms with Gasteiger partial charge in [-0.2, -0.15) is 0 Å². The summed E-state index contributed by atoms with van der Waals surface area (Å²) in [6.07, 6.45) is 7.55. The minimum atomic E-state index is 0.0723. The summed E-state index contributed by atoms with van der Waals surface area (Å²) in [5.74, 6) is 0.890. The quantitative estimate of drug-likeness (QED) is 0.805. The molecule has 0 atom stereocenters. The maximum Gasteiger partial charge on any atom is 0.120 e. The number of rotatable bonds is 4. The second kappa shape index (κ2) is 6.10. The van der Waals surface area contributed by atoms with Crippen molar-refractivity contribution >= 4 is 5.69 Å². The van der Waals surface area contributed by atoms with Gasteiger partial charge in [-0.25, -0.2) is 0 Å². The van der Waals surface area contributed by atoms with Crippen LogP contribution in [0.5, 0.6) is 5.75 Å². The van der Waals surface area contributed by atoms with Crippen LogP contribution in [0.1, 0.15) is 38.5 Å². The van der Waals surface area contributed by atoms with E-state index in [1.165, 1.54) is 38.5 Å². The molecule has 1 aliphatic rings. The zero-order valence-corrected chi connectivity index (χ0v) is 11.2. The molecule has 3 nitrogen and oxygen atoms in total. The molecule has 1 aromatic rings. The number of anilines is 1. The van der Waals surface area contributed by atoms with Gasteiger partial charge >= 0.3 is 0 Å². The van der Waals surface area contributed by atoms with E-state index in [4.69, 9.17) is 10.5 Å². The fourth-order valence-electron chi connectivity index (χ4n) is 2.79. The van der Waals surface area contributed by atoms with E-state index < -0.39 is 0 Å². The molecule has 3 heteroatoms. The van der Waals surface area contributed by atoms with Gasteiger partial charge in [-0.1, -0.05) is 31.7 Å². The predicted octanol–water partition coefficient (Wildman–Crippen LogP) is 3.16. The molecule has 0 bridgehead atoms. The Morgan fingerprint density at radius 2 is 1.94 bits per heavy atom. The van der Waals surface area contributed by atoms with Crippen molar-refractivity contribution in [1.29, 1.82) is 0 Å². The Labute approximate surface area is 110 Å². The molecule has 1 aromatic carbocycles. The zero-order valence-electron chi connectivity index (χ0n) is 11.2. The molecule has 1 saturated carbocycles. The standard InChI is InChI=1S/C15H24N2O/c1-18-14-8-6-7-13(11-14)17-15(12-16)9-4-2-3-5-10-15/h6-8,11,17H,2-5,9-10,12,16H2,1H3. The van der Waals surface area contributed by atoms with Crippen molar-refractivity contribution in [3.63, 3.8) is 0 Å². The molecule has 0 aromatic heterocycles. The molecule has 18 heavy (non-hydrogen) atoms. The van der Waals surface area contributed by atoms with Crippen molar-refractivity contribution in [2.45, 2.75) is 44.1 Å². The van der Waals surface area contributed by atoms with Crippen LogP contribution in [0.4, 0.5) is 5.69 Å². The number of hydrogen-bond donors (Lipinski definition) is 2. The zero-order chi connectivity index (χ0) is 12.8. The third-order valence-corrected chi connectivity index (χ3v) is 3.93. The Balaban J connectivity index is 2.12. The second-order valence-corrected chi connectivity index (χ2v) is 5.26. The number of nitrogens with two attached hydrogens (primary N) is 1. The van der Waals surface area contributed by atoms with Crippen LogP contribution in [0, 0.1) is 0 Å². The van der Waals surface area contributed by atoms with Crippen molar-refractivity contribution in [2.75, 3.05) is 19.0 Å². The molecule has 0 amide bonds. The minimum absolute atomic E-state index is 0.0723. The van der Waals surface area contributed by atoms with Gasteiger partial charge in [-0.15, -0.1) is 0 Å². The molecule has 0 heterocycles. The largest absolute Gasteiger partial charge is 0.497 e. The van der Waals surface area contributed by atoms with Crippen LogP contribution in [-0.2, 0) is 0 Å². The van der Waals surface area contributed by atoms with E-state index in [9.17, 15) is 0 Å². The van der Waals surface area contributed by atoms with Gasteiger partial charge in [0.15, 0.2) is 0 Å². The SMILES string of the molecule is COc1cccc(NC2(CN)CCCCCC2)c1. The van der Waals surface area contributed by atoms with Crippen molar-refractivity contribution in [3.8, 4) is 5.75 Å². The van der Waals surface area contributed by atoms with E-state index in [0.717, 1.165) is 11.4 Å². The van der Waals surface area contributed by atoms with E-state index in [1.54, 1.807) is 7.11 Å². The van der Waals surface area contributed by atoms with Gasteiger partial charge in [0.05, 0.1) is 7.11 Å². The lowest BCUT2D eigenvalue weighted by Gasteiger charge is -2.34. The maximum atomic E-state index is 6.03.